The summed E-state index contributed by atoms with van der Waals surface area (Å²) in [7, 11) is 0. The van der Waals surface area contributed by atoms with Crippen LogP contribution in [0.1, 0.15) is 35.7 Å². The van der Waals surface area contributed by atoms with E-state index in [2.05, 4.69) is 12.2 Å². The van der Waals surface area contributed by atoms with Crippen molar-refractivity contribution in [3.05, 3.63) is 71.4 Å². The highest BCUT2D eigenvalue weighted by Gasteiger charge is 2.14. The van der Waals surface area contributed by atoms with Crippen LogP contribution < -0.4 is 10.1 Å². The minimum Gasteiger partial charge on any atom is -0.491 e. The van der Waals surface area contributed by atoms with E-state index in [0.717, 1.165) is 24.5 Å². The van der Waals surface area contributed by atoms with E-state index in [9.17, 15) is 14.7 Å². The molecule has 136 valence electrons. The maximum absolute atomic E-state index is 12.3. The van der Waals surface area contributed by atoms with Crippen LogP contribution in [0.15, 0.2) is 60.3 Å². The van der Waals surface area contributed by atoms with E-state index in [-0.39, 0.29) is 11.5 Å². The number of carbonyl (C=O) groups is 2. The van der Waals surface area contributed by atoms with Crippen LogP contribution in [0.25, 0.3) is 0 Å². The van der Waals surface area contributed by atoms with Gasteiger partial charge in [0, 0.05) is 11.6 Å². The van der Waals surface area contributed by atoms with E-state index in [1.54, 1.807) is 30.3 Å². The SMILES string of the molecule is CCCCOc1ccccc1N/C(=C/C(=O)c1ccc(C)cc1)C(=O)O. The van der Waals surface area contributed by atoms with Crippen LogP contribution in [-0.4, -0.2) is 23.5 Å². The number of allylic oxidation sites excluding steroid dienone is 1. The van der Waals surface area contributed by atoms with Gasteiger partial charge in [0.2, 0.25) is 0 Å². The number of anilines is 1. The lowest BCUT2D eigenvalue weighted by Gasteiger charge is -2.13. The lowest BCUT2D eigenvalue weighted by Crippen LogP contribution is -2.14. The first-order valence-corrected chi connectivity index (χ1v) is 8.56. The number of aryl methyl sites for hydroxylation is 1. The summed E-state index contributed by atoms with van der Waals surface area (Å²) in [5.41, 5.74) is 1.76. The van der Waals surface area contributed by atoms with Crippen molar-refractivity contribution >= 4 is 17.4 Å². The highest BCUT2D eigenvalue weighted by molar-refractivity contribution is 6.09. The van der Waals surface area contributed by atoms with Gasteiger partial charge in [0.1, 0.15) is 11.4 Å². The summed E-state index contributed by atoms with van der Waals surface area (Å²) in [6, 6.07) is 14.0. The molecule has 0 heterocycles. The summed E-state index contributed by atoms with van der Waals surface area (Å²) in [5, 5.41) is 12.3. The van der Waals surface area contributed by atoms with Gasteiger partial charge in [-0.1, -0.05) is 55.3 Å². The fourth-order valence-electron chi connectivity index (χ4n) is 2.25. The highest BCUT2D eigenvalue weighted by Crippen LogP contribution is 2.25. The van der Waals surface area contributed by atoms with Crippen molar-refractivity contribution in [1.82, 2.24) is 0 Å². The van der Waals surface area contributed by atoms with Crippen molar-refractivity contribution in [3.8, 4) is 5.75 Å². The molecular formula is C21H23NO4. The summed E-state index contributed by atoms with van der Waals surface area (Å²) in [5.74, 6) is -1.04. The lowest BCUT2D eigenvalue weighted by molar-refractivity contribution is -0.132. The Morgan fingerprint density at radius 1 is 1.12 bits per heavy atom. The number of hydrogen-bond donors (Lipinski definition) is 2. The van der Waals surface area contributed by atoms with E-state index in [4.69, 9.17) is 4.74 Å². The van der Waals surface area contributed by atoms with Crippen LogP contribution in [0.3, 0.4) is 0 Å². The molecule has 2 aromatic rings. The zero-order chi connectivity index (χ0) is 18.9. The van der Waals surface area contributed by atoms with E-state index < -0.39 is 5.97 Å². The van der Waals surface area contributed by atoms with Crippen LogP contribution in [0.2, 0.25) is 0 Å². The smallest absolute Gasteiger partial charge is 0.352 e. The molecule has 0 fully saturated rings. The first-order chi connectivity index (χ1) is 12.5. The molecule has 0 unspecified atom stereocenters. The zero-order valence-corrected chi connectivity index (χ0v) is 15.0. The van der Waals surface area contributed by atoms with Crippen LogP contribution in [0.5, 0.6) is 5.75 Å². The second kappa shape index (κ2) is 9.42. The largest absolute Gasteiger partial charge is 0.491 e. The van der Waals surface area contributed by atoms with Crippen LogP contribution >= 0.6 is 0 Å². The van der Waals surface area contributed by atoms with Crippen molar-refractivity contribution in [3.63, 3.8) is 0 Å². The van der Waals surface area contributed by atoms with Gasteiger partial charge < -0.3 is 15.2 Å². The van der Waals surface area contributed by atoms with Crippen LogP contribution in [-0.2, 0) is 4.79 Å². The second-order valence-corrected chi connectivity index (χ2v) is 5.92. The number of hydrogen-bond acceptors (Lipinski definition) is 4. The zero-order valence-electron chi connectivity index (χ0n) is 15.0. The average Bonchev–Trinajstić information content (AvgIpc) is 2.63. The number of ether oxygens (including phenoxy) is 1. The summed E-state index contributed by atoms with van der Waals surface area (Å²) >= 11 is 0. The normalized spacial score (nSPS) is 11.1. The van der Waals surface area contributed by atoms with Crippen molar-refractivity contribution < 1.29 is 19.4 Å². The number of ketones is 1. The maximum atomic E-state index is 12.3. The molecule has 0 aromatic heterocycles. The summed E-state index contributed by atoms with van der Waals surface area (Å²) in [6.45, 7) is 4.53. The minimum atomic E-state index is -1.21. The molecular weight excluding hydrogens is 330 g/mol. The molecule has 2 aromatic carbocycles. The maximum Gasteiger partial charge on any atom is 0.352 e. The molecule has 0 aliphatic rings. The van der Waals surface area contributed by atoms with Gasteiger partial charge in [-0.05, 0) is 25.5 Å². The number of benzene rings is 2. The quantitative estimate of drug-likeness (QED) is 0.396. The number of nitrogens with one attached hydrogen (secondary N) is 1. The predicted octanol–water partition coefficient (Wildman–Crippen LogP) is 4.44. The Morgan fingerprint density at radius 2 is 1.81 bits per heavy atom. The molecule has 0 spiro atoms. The average molecular weight is 353 g/mol. The van der Waals surface area contributed by atoms with Gasteiger partial charge in [0.15, 0.2) is 5.78 Å². The number of rotatable bonds is 9. The molecule has 0 amide bonds. The van der Waals surface area contributed by atoms with Gasteiger partial charge in [-0.25, -0.2) is 4.79 Å². The predicted molar refractivity (Wildman–Crippen MR) is 102 cm³/mol. The van der Waals surface area contributed by atoms with E-state index in [0.29, 0.717) is 23.6 Å². The van der Waals surface area contributed by atoms with Crippen molar-refractivity contribution in [1.29, 1.82) is 0 Å². The molecule has 2 N–H and O–H groups in total. The topological polar surface area (TPSA) is 75.6 Å². The minimum absolute atomic E-state index is 0.206. The Balaban J connectivity index is 2.22. The van der Waals surface area contributed by atoms with E-state index in [1.807, 2.05) is 25.1 Å². The monoisotopic (exact) mass is 353 g/mol. The summed E-state index contributed by atoms with van der Waals surface area (Å²) in [6.07, 6.45) is 3.00. The Morgan fingerprint density at radius 3 is 2.46 bits per heavy atom. The first-order valence-electron chi connectivity index (χ1n) is 8.56. The molecule has 0 aliphatic carbocycles. The molecule has 26 heavy (non-hydrogen) atoms. The number of unbranched alkanes of at least 4 members (excludes halogenated alkanes) is 1. The number of carbonyl (C=O) groups excluding carboxylic acids is 1. The number of aliphatic carboxylic acids is 1. The van der Waals surface area contributed by atoms with Crippen molar-refractivity contribution in [2.24, 2.45) is 0 Å². The summed E-state index contributed by atoms with van der Waals surface area (Å²) < 4.78 is 5.69. The second-order valence-electron chi connectivity index (χ2n) is 5.92. The molecule has 0 radical (unpaired) electrons. The molecule has 0 bridgehead atoms. The van der Waals surface area contributed by atoms with E-state index >= 15 is 0 Å². The molecule has 0 saturated carbocycles. The number of carboxylic acid groups (broad SMARTS) is 1. The van der Waals surface area contributed by atoms with Crippen LogP contribution in [0.4, 0.5) is 5.69 Å². The Hall–Kier alpha value is -3.08. The van der Waals surface area contributed by atoms with Gasteiger partial charge in [-0.2, -0.15) is 0 Å². The molecule has 0 aliphatic heterocycles. The number of carboxylic acids is 1. The van der Waals surface area contributed by atoms with Gasteiger partial charge in [0.25, 0.3) is 0 Å². The first kappa shape index (κ1) is 19.2. The number of para-hydroxylation sites is 2. The Kier molecular flexibility index (Phi) is 6.97. The molecule has 5 nitrogen and oxygen atoms in total. The highest BCUT2D eigenvalue weighted by atomic mass is 16.5. The molecule has 5 heteroatoms. The van der Waals surface area contributed by atoms with E-state index in [1.165, 1.54) is 0 Å². The molecule has 0 atom stereocenters. The third-order valence-electron chi connectivity index (χ3n) is 3.75. The third kappa shape index (κ3) is 5.48. The van der Waals surface area contributed by atoms with Gasteiger partial charge >= 0.3 is 5.97 Å². The van der Waals surface area contributed by atoms with Crippen molar-refractivity contribution in [2.45, 2.75) is 26.7 Å². The molecule has 0 saturated heterocycles. The van der Waals surface area contributed by atoms with Crippen molar-refractivity contribution in [2.75, 3.05) is 11.9 Å². The van der Waals surface area contributed by atoms with Gasteiger partial charge in [0.05, 0.1) is 12.3 Å². The fourth-order valence-corrected chi connectivity index (χ4v) is 2.25. The van der Waals surface area contributed by atoms with Gasteiger partial charge in [-0.3, -0.25) is 4.79 Å². The third-order valence-corrected chi connectivity index (χ3v) is 3.75. The lowest BCUT2D eigenvalue weighted by atomic mass is 10.1. The summed E-state index contributed by atoms with van der Waals surface area (Å²) in [4.78, 5) is 23.9. The fraction of sp³-hybridized carbons (Fsp3) is 0.238. The Labute approximate surface area is 153 Å². The standard InChI is InChI=1S/C21H23NO4/c1-3-4-13-26-20-8-6-5-7-17(20)22-18(21(24)25)14-19(23)16-11-9-15(2)10-12-16/h5-12,14,22H,3-4,13H2,1-2H3,(H,24,25)/b18-14+. The van der Waals surface area contributed by atoms with Gasteiger partial charge in [-0.15, -0.1) is 0 Å². The Bertz CT molecular complexity index is 794. The molecule has 2 rings (SSSR count). The van der Waals surface area contributed by atoms with Crippen LogP contribution in [0, 0.1) is 6.92 Å².